The molecule has 0 amide bonds. The van der Waals surface area contributed by atoms with Crippen LogP contribution in [-0.2, 0) is 0 Å². The molecular formula is C15H16ClFN2. The number of nitrogens with one attached hydrogen (secondary N) is 1. The monoisotopic (exact) mass is 278 g/mol. The highest BCUT2D eigenvalue weighted by atomic mass is 35.5. The molecule has 0 aliphatic carbocycles. The zero-order chi connectivity index (χ0) is 14.0. The van der Waals surface area contributed by atoms with Crippen LogP contribution in [0.2, 0.25) is 5.02 Å². The summed E-state index contributed by atoms with van der Waals surface area (Å²) in [7, 11) is 0. The van der Waals surface area contributed by atoms with E-state index in [1.54, 1.807) is 19.1 Å². The molecule has 4 heteroatoms. The third kappa shape index (κ3) is 2.78. The molecule has 0 aliphatic heterocycles. The van der Waals surface area contributed by atoms with E-state index in [1.807, 2.05) is 25.1 Å². The molecule has 100 valence electrons. The molecule has 3 N–H and O–H groups in total. The zero-order valence-corrected chi connectivity index (χ0v) is 11.6. The van der Waals surface area contributed by atoms with Gasteiger partial charge in [0.25, 0.3) is 0 Å². The highest BCUT2D eigenvalue weighted by Gasteiger charge is 2.17. The second-order valence-corrected chi connectivity index (χ2v) is 4.96. The van der Waals surface area contributed by atoms with Crippen molar-refractivity contribution in [1.82, 2.24) is 5.43 Å². The number of hydrazine groups is 1. The first-order chi connectivity index (χ1) is 9.04. The summed E-state index contributed by atoms with van der Waals surface area (Å²) in [6.45, 7) is 3.67. The molecule has 19 heavy (non-hydrogen) atoms. The summed E-state index contributed by atoms with van der Waals surface area (Å²) in [6, 6.07) is 10.5. The number of nitrogens with two attached hydrogens (primary N) is 1. The maximum Gasteiger partial charge on any atom is 0.126 e. The van der Waals surface area contributed by atoms with E-state index in [1.165, 1.54) is 6.07 Å². The minimum Gasteiger partial charge on any atom is -0.271 e. The average Bonchev–Trinajstić information content (AvgIpc) is 2.39. The van der Waals surface area contributed by atoms with Crippen molar-refractivity contribution in [1.29, 1.82) is 0 Å². The topological polar surface area (TPSA) is 38.0 Å². The van der Waals surface area contributed by atoms with Gasteiger partial charge in [0.05, 0.1) is 6.04 Å². The Morgan fingerprint density at radius 1 is 1.16 bits per heavy atom. The van der Waals surface area contributed by atoms with Gasteiger partial charge >= 0.3 is 0 Å². The van der Waals surface area contributed by atoms with E-state index >= 15 is 0 Å². The van der Waals surface area contributed by atoms with Crippen LogP contribution in [0.25, 0.3) is 0 Å². The van der Waals surface area contributed by atoms with Gasteiger partial charge in [-0.3, -0.25) is 5.84 Å². The maximum atomic E-state index is 13.3. The van der Waals surface area contributed by atoms with Crippen LogP contribution in [0.4, 0.5) is 4.39 Å². The minimum absolute atomic E-state index is 0.227. The van der Waals surface area contributed by atoms with Gasteiger partial charge in [0.15, 0.2) is 0 Å². The Bertz CT molecular complexity index is 599. The van der Waals surface area contributed by atoms with Gasteiger partial charge in [-0.25, -0.2) is 9.82 Å². The summed E-state index contributed by atoms with van der Waals surface area (Å²) in [5.41, 5.74) is 6.08. The summed E-state index contributed by atoms with van der Waals surface area (Å²) in [5, 5.41) is 0.674. The summed E-state index contributed by atoms with van der Waals surface area (Å²) < 4.78 is 13.3. The molecule has 2 aromatic carbocycles. The van der Waals surface area contributed by atoms with Crippen LogP contribution in [0.1, 0.15) is 28.3 Å². The van der Waals surface area contributed by atoms with Gasteiger partial charge in [0.1, 0.15) is 5.82 Å². The number of hydrogen-bond acceptors (Lipinski definition) is 2. The number of halogens is 2. The molecule has 0 saturated carbocycles. The molecule has 0 aromatic heterocycles. The predicted octanol–water partition coefficient (Wildman–Crippen LogP) is 3.65. The lowest BCUT2D eigenvalue weighted by Gasteiger charge is -2.19. The van der Waals surface area contributed by atoms with Gasteiger partial charge in [0, 0.05) is 5.02 Å². The summed E-state index contributed by atoms with van der Waals surface area (Å²) in [6.07, 6.45) is 0. The fourth-order valence-corrected chi connectivity index (χ4v) is 2.34. The quantitative estimate of drug-likeness (QED) is 0.664. The molecule has 0 spiro atoms. The first kappa shape index (κ1) is 14.0. The zero-order valence-electron chi connectivity index (χ0n) is 10.9. The summed E-state index contributed by atoms with van der Waals surface area (Å²) in [4.78, 5) is 0. The molecule has 0 bridgehead atoms. The molecule has 0 radical (unpaired) electrons. The van der Waals surface area contributed by atoms with Crippen molar-refractivity contribution >= 4 is 11.6 Å². The fraction of sp³-hybridized carbons (Fsp3) is 0.200. The minimum atomic E-state index is -0.258. The summed E-state index contributed by atoms with van der Waals surface area (Å²) >= 11 is 6.32. The SMILES string of the molecule is Cc1cc(C(NN)c2cccc(C)c2Cl)ccc1F. The van der Waals surface area contributed by atoms with Gasteiger partial charge in [-0.1, -0.05) is 41.9 Å². The Labute approximate surface area is 117 Å². The molecule has 1 atom stereocenters. The molecule has 2 nitrogen and oxygen atoms in total. The standard InChI is InChI=1S/C15H16ClFN2/c1-9-4-3-5-12(14(9)16)15(19-18)11-6-7-13(17)10(2)8-11/h3-8,15,19H,18H2,1-2H3. The summed E-state index contributed by atoms with van der Waals surface area (Å²) in [5.74, 6) is 5.41. The van der Waals surface area contributed by atoms with Crippen LogP contribution in [-0.4, -0.2) is 0 Å². The van der Waals surface area contributed by atoms with Crippen molar-refractivity contribution in [2.45, 2.75) is 19.9 Å². The van der Waals surface area contributed by atoms with E-state index in [0.29, 0.717) is 10.6 Å². The van der Waals surface area contributed by atoms with Crippen LogP contribution < -0.4 is 11.3 Å². The van der Waals surface area contributed by atoms with E-state index in [4.69, 9.17) is 17.4 Å². The van der Waals surface area contributed by atoms with E-state index in [0.717, 1.165) is 16.7 Å². The molecule has 2 aromatic rings. The van der Waals surface area contributed by atoms with Crippen LogP contribution in [0, 0.1) is 19.7 Å². The third-order valence-electron chi connectivity index (χ3n) is 3.21. The predicted molar refractivity (Wildman–Crippen MR) is 76.5 cm³/mol. The van der Waals surface area contributed by atoms with Crippen LogP contribution in [0.15, 0.2) is 36.4 Å². The Balaban J connectivity index is 2.50. The van der Waals surface area contributed by atoms with Crippen molar-refractivity contribution < 1.29 is 4.39 Å². The number of hydrogen-bond donors (Lipinski definition) is 2. The van der Waals surface area contributed by atoms with Crippen molar-refractivity contribution in [3.8, 4) is 0 Å². The van der Waals surface area contributed by atoms with Crippen molar-refractivity contribution in [3.63, 3.8) is 0 Å². The number of benzene rings is 2. The van der Waals surface area contributed by atoms with Crippen molar-refractivity contribution in [2.75, 3.05) is 0 Å². The van der Waals surface area contributed by atoms with Crippen molar-refractivity contribution in [2.24, 2.45) is 5.84 Å². The lowest BCUT2D eigenvalue weighted by molar-refractivity contribution is 0.607. The van der Waals surface area contributed by atoms with Gasteiger partial charge in [-0.05, 0) is 42.2 Å². The Hall–Kier alpha value is -1.42. The normalized spacial score (nSPS) is 12.5. The highest BCUT2D eigenvalue weighted by Crippen LogP contribution is 2.30. The molecule has 1 unspecified atom stereocenters. The molecule has 0 fully saturated rings. The Morgan fingerprint density at radius 3 is 2.53 bits per heavy atom. The van der Waals surface area contributed by atoms with Gasteiger partial charge < -0.3 is 0 Å². The smallest absolute Gasteiger partial charge is 0.126 e. The van der Waals surface area contributed by atoms with Crippen LogP contribution >= 0.6 is 11.6 Å². The Morgan fingerprint density at radius 2 is 1.89 bits per heavy atom. The lowest BCUT2D eigenvalue weighted by Crippen LogP contribution is -2.29. The largest absolute Gasteiger partial charge is 0.271 e. The second kappa shape index (κ2) is 5.70. The van der Waals surface area contributed by atoms with Crippen LogP contribution in [0.5, 0.6) is 0 Å². The van der Waals surface area contributed by atoms with E-state index in [-0.39, 0.29) is 11.9 Å². The fourth-order valence-electron chi connectivity index (χ4n) is 2.11. The number of aryl methyl sites for hydroxylation is 2. The maximum absolute atomic E-state index is 13.3. The number of rotatable bonds is 3. The molecule has 2 rings (SSSR count). The third-order valence-corrected chi connectivity index (χ3v) is 3.73. The van der Waals surface area contributed by atoms with Crippen molar-refractivity contribution in [3.05, 3.63) is 69.5 Å². The second-order valence-electron chi connectivity index (χ2n) is 4.59. The van der Waals surface area contributed by atoms with E-state index < -0.39 is 0 Å². The van der Waals surface area contributed by atoms with Gasteiger partial charge in [-0.2, -0.15) is 0 Å². The van der Waals surface area contributed by atoms with Crippen LogP contribution in [0.3, 0.4) is 0 Å². The van der Waals surface area contributed by atoms with Gasteiger partial charge in [-0.15, -0.1) is 0 Å². The molecule has 0 aliphatic rings. The van der Waals surface area contributed by atoms with E-state index in [2.05, 4.69) is 5.43 Å². The molecular weight excluding hydrogens is 263 g/mol. The highest BCUT2D eigenvalue weighted by molar-refractivity contribution is 6.32. The molecule has 0 heterocycles. The lowest BCUT2D eigenvalue weighted by atomic mass is 9.96. The molecule has 0 saturated heterocycles. The van der Waals surface area contributed by atoms with E-state index in [9.17, 15) is 4.39 Å². The Kier molecular flexibility index (Phi) is 4.20. The van der Waals surface area contributed by atoms with Gasteiger partial charge in [0.2, 0.25) is 0 Å². The average molecular weight is 279 g/mol. The first-order valence-corrected chi connectivity index (χ1v) is 6.39. The first-order valence-electron chi connectivity index (χ1n) is 6.01.